The normalized spacial score (nSPS) is 12.0. The number of nitrogens with zero attached hydrogens (tertiary/aromatic N) is 3. The highest BCUT2D eigenvalue weighted by Crippen LogP contribution is 2.26. The van der Waals surface area contributed by atoms with Crippen LogP contribution in [0.4, 0.5) is 11.8 Å². The van der Waals surface area contributed by atoms with Crippen LogP contribution in [0, 0.1) is 6.92 Å². The van der Waals surface area contributed by atoms with Crippen LogP contribution in [0.5, 0.6) is 0 Å². The number of carboxylic acids is 1. The Morgan fingerprint density at radius 1 is 1.22 bits per heavy atom. The Morgan fingerprint density at radius 3 is 2.44 bits per heavy atom. The first-order valence-electron chi connectivity index (χ1n) is 9.22. The van der Waals surface area contributed by atoms with E-state index in [-0.39, 0.29) is 18.4 Å². The number of benzene rings is 1. The Labute approximate surface area is 159 Å². The van der Waals surface area contributed by atoms with Gasteiger partial charge < -0.3 is 10.8 Å². The van der Waals surface area contributed by atoms with E-state index in [1.807, 2.05) is 26.0 Å². The number of aryl methyl sites for hydroxylation is 1. The number of nitrogens with two attached hydrogens (primary N) is 1. The topological polar surface area (TPSA) is 113 Å². The quantitative estimate of drug-likeness (QED) is 0.578. The second-order valence-electron chi connectivity index (χ2n) is 6.87. The molecular weight excluding hydrogens is 344 g/mol. The van der Waals surface area contributed by atoms with Gasteiger partial charge in [-0.25, -0.2) is 10.0 Å². The van der Waals surface area contributed by atoms with Crippen molar-refractivity contribution in [2.24, 2.45) is 0 Å². The summed E-state index contributed by atoms with van der Waals surface area (Å²) in [7, 11) is 0. The molecule has 0 radical (unpaired) electrons. The van der Waals surface area contributed by atoms with Crippen molar-refractivity contribution in [3.8, 4) is 0 Å². The van der Waals surface area contributed by atoms with E-state index in [1.165, 1.54) is 5.06 Å². The molecule has 27 heavy (non-hydrogen) atoms. The fourth-order valence-electron chi connectivity index (χ4n) is 2.98. The van der Waals surface area contributed by atoms with E-state index >= 15 is 0 Å². The molecule has 0 amide bonds. The molecule has 4 N–H and O–H groups in total. The van der Waals surface area contributed by atoms with Crippen LogP contribution in [-0.4, -0.2) is 32.3 Å². The van der Waals surface area contributed by atoms with Gasteiger partial charge >= 0.3 is 5.97 Å². The lowest BCUT2D eigenvalue weighted by atomic mass is 10.0. The van der Waals surface area contributed by atoms with Gasteiger partial charge in [-0.3, -0.25) is 10.0 Å². The minimum Gasteiger partial charge on any atom is -0.481 e. The zero-order chi connectivity index (χ0) is 20.0. The summed E-state index contributed by atoms with van der Waals surface area (Å²) in [5.41, 5.74) is 9.06. The van der Waals surface area contributed by atoms with Gasteiger partial charge in [-0.2, -0.15) is 4.98 Å². The van der Waals surface area contributed by atoms with Crippen LogP contribution in [0.3, 0.4) is 0 Å². The predicted molar refractivity (Wildman–Crippen MR) is 105 cm³/mol. The van der Waals surface area contributed by atoms with Crippen molar-refractivity contribution in [2.45, 2.75) is 58.9 Å². The van der Waals surface area contributed by atoms with E-state index in [1.54, 1.807) is 12.1 Å². The van der Waals surface area contributed by atoms with Crippen LogP contribution in [0.25, 0.3) is 0 Å². The minimum absolute atomic E-state index is 0.00506. The Balaban J connectivity index is 2.29. The van der Waals surface area contributed by atoms with E-state index in [0.29, 0.717) is 17.9 Å². The molecule has 1 heterocycles. The van der Waals surface area contributed by atoms with Crippen molar-refractivity contribution in [3.05, 3.63) is 46.6 Å². The van der Waals surface area contributed by atoms with Gasteiger partial charge in [-0.05, 0) is 31.4 Å². The van der Waals surface area contributed by atoms with E-state index < -0.39 is 5.97 Å². The highest BCUT2D eigenvalue weighted by molar-refractivity contribution is 5.70. The van der Waals surface area contributed by atoms with Gasteiger partial charge in [0.1, 0.15) is 0 Å². The second-order valence-corrected chi connectivity index (χ2v) is 6.87. The Morgan fingerprint density at radius 2 is 1.85 bits per heavy atom. The standard InChI is InChI=1S/C20H28N4O3/c1-4-5-6-13(2)24(27)19-17(14(3)22-20(21)23-19)11-15-7-9-16(10-8-15)12-18(25)26/h7-10,13,27H,4-6,11-12H2,1-3H3,(H,25,26)(H2,21,22,23). The number of unbranched alkanes of at least 4 members (excludes halogenated alkanes) is 1. The summed E-state index contributed by atoms with van der Waals surface area (Å²) in [5.74, 6) is -0.298. The van der Waals surface area contributed by atoms with Gasteiger partial charge in [0, 0.05) is 17.7 Å². The summed E-state index contributed by atoms with van der Waals surface area (Å²) in [6.45, 7) is 5.91. The number of hydroxylamine groups is 1. The van der Waals surface area contributed by atoms with E-state index in [9.17, 15) is 10.0 Å². The molecule has 7 heteroatoms. The molecule has 0 bridgehead atoms. The number of aromatic nitrogens is 2. The first-order valence-corrected chi connectivity index (χ1v) is 9.22. The molecule has 2 rings (SSSR count). The van der Waals surface area contributed by atoms with E-state index in [4.69, 9.17) is 10.8 Å². The van der Waals surface area contributed by atoms with Gasteiger partial charge in [-0.1, -0.05) is 44.0 Å². The van der Waals surface area contributed by atoms with E-state index in [0.717, 1.165) is 36.0 Å². The number of hydrogen-bond acceptors (Lipinski definition) is 6. The number of nitrogen functional groups attached to an aromatic ring is 1. The fourth-order valence-corrected chi connectivity index (χ4v) is 2.98. The molecule has 0 aliphatic carbocycles. The molecule has 1 aromatic carbocycles. The highest BCUT2D eigenvalue weighted by Gasteiger charge is 2.20. The van der Waals surface area contributed by atoms with Gasteiger partial charge in [0.05, 0.1) is 12.5 Å². The van der Waals surface area contributed by atoms with Crippen LogP contribution in [0.1, 0.15) is 55.5 Å². The smallest absolute Gasteiger partial charge is 0.307 e. The molecule has 0 spiro atoms. The van der Waals surface area contributed by atoms with Crippen molar-refractivity contribution in [1.82, 2.24) is 9.97 Å². The lowest BCUT2D eigenvalue weighted by Crippen LogP contribution is -2.32. The third kappa shape index (κ3) is 5.65. The number of anilines is 2. The molecule has 7 nitrogen and oxygen atoms in total. The van der Waals surface area contributed by atoms with Crippen LogP contribution in [-0.2, 0) is 17.6 Å². The maximum atomic E-state index is 10.8. The number of carbonyl (C=O) groups is 1. The number of hydrogen-bond donors (Lipinski definition) is 3. The Hall–Kier alpha value is -2.67. The molecule has 1 unspecified atom stereocenters. The average molecular weight is 372 g/mol. The summed E-state index contributed by atoms with van der Waals surface area (Å²) >= 11 is 0. The van der Waals surface area contributed by atoms with Crippen LogP contribution in [0.2, 0.25) is 0 Å². The third-order valence-electron chi connectivity index (χ3n) is 4.58. The van der Waals surface area contributed by atoms with Crippen LogP contribution in [0.15, 0.2) is 24.3 Å². The van der Waals surface area contributed by atoms with Crippen molar-refractivity contribution >= 4 is 17.7 Å². The number of rotatable bonds is 9. The van der Waals surface area contributed by atoms with Crippen molar-refractivity contribution in [3.63, 3.8) is 0 Å². The monoisotopic (exact) mass is 372 g/mol. The summed E-state index contributed by atoms with van der Waals surface area (Å²) in [6.07, 6.45) is 3.43. The SMILES string of the molecule is CCCCC(C)N(O)c1nc(N)nc(C)c1Cc1ccc(CC(=O)O)cc1. The summed E-state index contributed by atoms with van der Waals surface area (Å²) < 4.78 is 0. The van der Waals surface area contributed by atoms with Crippen LogP contribution >= 0.6 is 0 Å². The molecule has 0 saturated carbocycles. The highest BCUT2D eigenvalue weighted by atomic mass is 16.5. The Kier molecular flexibility index (Phi) is 7.12. The van der Waals surface area contributed by atoms with E-state index in [2.05, 4.69) is 16.9 Å². The first kappa shape index (κ1) is 20.6. The lowest BCUT2D eigenvalue weighted by Gasteiger charge is -2.26. The molecule has 0 fully saturated rings. The largest absolute Gasteiger partial charge is 0.481 e. The predicted octanol–water partition coefficient (Wildman–Crippen LogP) is 3.36. The van der Waals surface area contributed by atoms with Crippen molar-refractivity contribution in [1.29, 1.82) is 0 Å². The van der Waals surface area contributed by atoms with Crippen molar-refractivity contribution in [2.75, 3.05) is 10.8 Å². The maximum absolute atomic E-state index is 10.8. The summed E-state index contributed by atoms with van der Waals surface area (Å²) in [4.78, 5) is 19.3. The lowest BCUT2D eigenvalue weighted by molar-refractivity contribution is -0.136. The third-order valence-corrected chi connectivity index (χ3v) is 4.58. The van der Waals surface area contributed by atoms with Gasteiger partial charge in [0.15, 0.2) is 5.82 Å². The number of carboxylic acid groups (broad SMARTS) is 1. The Bertz CT molecular complexity index is 778. The fraction of sp³-hybridized carbons (Fsp3) is 0.450. The average Bonchev–Trinajstić information content (AvgIpc) is 2.62. The summed E-state index contributed by atoms with van der Waals surface area (Å²) in [6, 6.07) is 7.30. The molecule has 2 aromatic rings. The van der Waals surface area contributed by atoms with Crippen molar-refractivity contribution < 1.29 is 15.1 Å². The molecule has 146 valence electrons. The molecule has 1 atom stereocenters. The molecule has 0 saturated heterocycles. The molecule has 0 aliphatic rings. The molecule has 1 aromatic heterocycles. The van der Waals surface area contributed by atoms with Gasteiger partial charge in [0.25, 0.3) is 0 Å². The summed E-state index contributed by atoms with van der Waals surface area (Å²) in [5, 5.41) is 20.8. The molecule has 0 aliphatic heterocycles. The zero-order valence-corrected chi connectivity index (χ0v) is 16.1. The molecular formula is C20H28N4O3. The number of aliphatic carboxylic acids is 1. The first-order chi connectivity index (χ1) is 12.8. The second kappa shape index (κ2) is 9.32. The van der Waals surface area contributed by atoms with Crippen LogP contribution < -0.4 is 10.8 Å². The van der Waals surface area contributed by atoms with Gasteiger partial charge in [0.2, 0.25) is 5.95 Å². The maximum Gasteiger partial charge on any atom is 0.307 e. The zero-order valence-electron chi connectivity index (χ0n) is 16.1. The van der Waals surface area contributed by atoms with Gasteiger partial charge in [-0.15, -0.1) is 0 Å². The minimum atomic E-state index is -0.857.